The highest BCUT2D eigenvalue weighted by molar-refractivity contribution is 7.86. The molecule has 0 aliphatic carbocycles. The third kappa shape index (κ3) is 4.76. The van der Waals surface area contributed by atoms with Crippen LogP contribution in [-0.2, 0) is 14.3 Å². The van der Waals surface area contributed by atoms with Crippen LogP contribution in [0.25, 0.3) is 0 Å². The fourth-order valence-electron chi connectivity index (χ4n) is 0.371. The van der Waals surface area contributed by atoms with Gasteiger partial charge in [-0.1, -0.05) is 13.3 Å². The first kappa shape index (κ1) is 9.91. The molecule has 0 aromatic rings. The lowest BCUT2D eigenvalue weighted by Crippen LogP contribution is -2.08. The van der Waals surface area contributed by atoms with E-state index in [9.17, 15) is 8.42 Å². The van der Waals surface area contributed by atoms with E-state index >= 15 is 0 Å². The van der Waals surface area contributed by atoms with Crippen LogP contribution >= 0.6 is 0 Å². The van der Waals surface area contributed by atoms with Gasteiger partial charge in [0.05, 0.1) is 12.4 Å². The van der Waals surface area contributed by atoms with Gasteiger partial charge in [0.2, 0.25) is 0 Å². The summed E-state index contributed by atoms with van der Waals surface area (Å²) in [6, 6.07) is 0. The van der Waals surface area contributed by atoms with E-state index in [0.717, 1.165) is 0 Å². The van der Waals surface area contributed by atoms with E-state index in [1.165, 1.54) is 0 Å². The van der Waals surface area contributed by atoms with Gasteiger partial charge in [0.1, 0.15) is 0 Å². The Morgan fingerprint density at radius 2 is 2.10 bits per heavy atom. The molecule has 10 heavy (non-hydrogen) atoms. The SMILES string of the molecule is [CH2]CCCOS(=O)(=O)CC. The lowest BCUT2D eigenvalue weighted by atomic mass is 10.4. The van der Waals surface area contributed by atoms with Gasteiger partial charge < -0.3 is 0 Å². The van der Waals surface area contributed by atoms with Crippen LogP contribution in [0.5, 0.6) is 0 Å². The second kappa shape index (κ2) is 4.68. The van der Waals surface area contributed by atoms with E-state index in [0.29, 0.717) is 12.8 Å². The first-order valence-electron chi connectivity index (χ1n) is 3.28. The molecule has 0 aliphatic heterocycles. The van der Waals surface area contributed by atoms with Crippen molar-refractivity contribution in [1.82, 2.24) is 0 Å². The monoisotopic (exact) mass is 165 g/mol. The zero-order chi connectivity index (χ0) is 8.04. The summed E-state index contributed by atoms with van der Waals surface area (Å²) in [6.07, 6.45) is 1.40. The number of hydrogen-bond acceptors (Lipinski definition) is 3. The molecule has 0 spiro atoms. The maximum atomic E-state index is 10.6. The highest BCUT2D eigenvalue weighted by Gasteiger charge is 2.04. The molecule has 0 rings (SSSR count). The molecule has 0 saturated carbocycles. The molecule has 0 aromatic heterocycles. The quantitative estimate of drug-likeness (QED) is 0.450. The molecule has 0 N–H and O–H groups in total. The van der Waals surface area contributed by atoms with Crippen LogP contribution in [0.15, 0.2) is 0 Å². The zero-order valence-electron chi connectivity index (χ0n) is 6.17. The molecule has 1 radical (unpaired) electrons. The normalized spacial score (nSPS) is 11.8. The van der Waals surface area contributed by atoms with Crippen molar-refractivity contribution in [3.8, 4) is 0 Å². The van der Waals surface area contributed by atoms with Crippen LogP contribution in [-0.4, -0.2) is 20.8 Å². The predicted octanol–water partition coefficient (Wildman–Crippen LogP) is 0.967. The molecule has 0 unspecified atom stereocenters. The minimum atomic E-state index is -3.22. The third-order valence-electron chi connectivity index (χ3n) is 1.01. The summed E-state index contributed by atoms with van der Waals surface area (Å²) in [5.41, 5.74) is 0. The van der Waals surface area contributed by atoms with Gasteiger partial charge in [0, 0.05) is 0 Å². The molecule has 0 aliphatic rings. The average Bonchev–Trinajstić information content (AvgIpc) is 1.89. The molecule has 4 heteroatoms. The first-order chi connectivity index (χ1) is 4.62. The fourth-order valence-corrected chi connectivity index (χ4v) is 0.910. The smallest absolute Gasteiger partial charge is 0.267 e. The topological polar surface area (TPSA) is 43.4 Å². The van der Waals surface area contributed by atoms with Crippen LogP contribution in [0.1, 0.15) is 19.8 Å². The Bertz CT molecular complexity index is 160. The summed E-state index contributed by atoms with van der Waals surface area (Å²) in [5.74, 6) is 0.0458. The van der Waals surface area contributed by atoms with E-state index in [4.69, 9.17) is 0 Å². The zero-order valence-corrected chi connectivity index (χ0v) is 6.99. The van der Waals surface area contributed by atoms with Gasteiger partial charge in [-0.15, -0.1) is 0 Å². The second-order valence-corrected chi connectivity index (χ2v) is 3.80. The van der Waals surface area contributed by atoms with Crippen molar-refractivity contribution < 1.29 is 12.6 Å². The Kier molecular flexibility index (Phi) is 4.64. The largest absolute Gasteiger partial charge is 0.270 e. The van der Waals surface area contributed by atoms with Crippen LogP contribution in [0.4, 0.5) is 0 Å². The lowest BCUT2D eigenvalue weighted by Gasteiger charge is -1.99. The van der Waals surface area contributed by atoms with Crippen molar-refractivity contribution in [1.29, 1.82) is 0 Å². The van der Waals surface area contributed by atoms with Gasteiger partial charge in [0.25, 0.3) is 10.1 Å². The minimum Gasteiger partial charge on any atom is -0.270 e. The van der Waals surface area contributed by atoms with Crippen molar-refractivity contribution in [3.63, 3.8) is 0 Å². The Balaban J connectivity index is 3.49. The van der Waals surface area contributed by atoms with E-state index < -0.39 is 10.1 Å². The van der Waals surface area contributed by atoms with Crippen molar-refractivity contribution in [2.75, 3.05) is 12.4 Å². The predicted molar refractivity (Wildman–Crippen MR) is 40.0 cm³/mol. The molecule has 0 fully saturated rings. The van der Waals surface area contributed by atoms with Crippen LogP contribution < -0.4 is 0 Å². The summed E-state index contributed by atoms with van der Waals surface area (Å²) < 4.78 is 25.8. The summed E-state index contributed by atoms with van der Waals surface area (Å²) in [6.45, 7) is 5.37. The molecule has 3 nitrogen and oxygen atoms in total. The third-order valence-corrected chi connectivity index (χ3v) is 2.24. The molecular formula is C6H13O3S. The second-order valence-electron chi connectivity index (χ2n) is 1.88. The van der Waals surface area contributed by atoms with Gasteiger partial charge in [-0.3, -0.25) is 4.18 Å². The fraction of sp³-hybridized carbons (Fsp3) is 0.833. The summed E-state index contributed by atoms with van der Waals surface area (Å²) in [4.78, 5) is 0. The van der Waals surface area contributed by atoms with Crippen LogP contribution in [0.3, 0.4) is 0 Å². The molecule has 61 valence electrons. The molecule has 0 heterocycles. The number of rotatable bonds is 5. The maximum Gasteiger partial charge on any atom is 0.267 e. The average molecular weight is 165 g/mol. The number of hydrogen-bond donors (Lipinski definition) is 0. The highest BCUT2D eigenvalue weighted by Crippen LogP contribution is 1.95. The molecule has 0 amide bonds. The summed E-state index contributed by atoms with van der Waals surface area (Å²) >= 11 is 0. The van der Waals surface area contributed by atoms with E-state index in [2.05, 4.69) is 11.1 Å². The molecule has 0 aromatic carbocycles. The van der Waals surface area contributed by atoms with Crippen molar-refractivity contribution in [2.45, 2.75) is 19.8 Å². The first-order valence-corrected chi connectivity index (χ1v) is 4.86. The molecule has 0 saturated heterocycles. The van der Waals surface area contributed by atoms with Gasteiger partial charge in [-0.2, -0.15) is 8.42 Å². The standard InChI is InChI=1S/C6H13O3S/c1-3-5-6-9-10(7,8)4-2/h1,3-6H2,2H3. The van der Waals surface area contributed by atoms with E-state index in [1.807, 2.05) is 0 Å². The van der Waals surface area contributed by atoms with E-state index in [-0.39, 0.29) is 12.4 Å². The Hall–Kier alpha value is -0.0900. The Morgan fingerprint density at radius 3 is 2.50 bits per heavy atom. The maximum absolute atomic E-state index is 10.6. The highest BCUT2D eigenvalue weighted by atomic mass is 32.2. The van der Waals surface area contributed by atoms with Gasteiger partial charge >= 0.3 is 0 Å². The lowest BCUT2D eigenvalue weighted by molar-refractivity contribution is 0.314. The van der Waals surface area contributed by atoms with Crippen LogP contribution in [0.2, 0.25) is 0 Å². The molecule has 0 atom stereocenters. The van der Waals surface area contributed by atoms with Crippen LogP contribution in [0, 0.1) is 6.92 Å². The number of unbranched alkanes of at least 4 members (excludes halogenated alkanes) is 1. The summed E-state index contributed by atoms with van der Waals surface area (Å²) in [5, 5.41) is 0. The van der Waals surface area contributed by atoms with Crippen molar-refractivity contribution >= 4 is 10.1 Å². The Labute approximate surface area is 62.5 Å². The van der Waals surface area contributed by atoms with Crippen molar-refractivity contribution in [3.05, 3.63) is 6.92 Å². The van der Waals surface area contributed by atoms with Gasteiger partial charge in [0.15, 0.2) is 0 Å². The summed E-state index contributed by atoms with van der Waals surface area (Å²) in [7, 11) is -3.22. The van der Waals surface area contributed by atoms with Gasteiger partial charge in [-0.25, -0.2) is 0 Å². The molecular weight excluding hydrogens is 152 g/mol. The minimum absolute atomic E-state index is 0.0458. The van der Waals surface area contributed by atoms with Gasteiger partial charge in [-0.05, 0) is 13.3 Å². The van der Waals surface area contributed by atoms with E-state index in [1.54, 1.807) is 6.92 Å². The van der Waals surface area contributed by atoms with Crippen molar-refractivity contribution in [2.24, 2.45) is 0 Å². The molecule has 0 bridgehead atoms. The Morgan fingerprint density at radius 1 is 1.50 bits per heavy atom.